The van der Waals surface area contributed by atoms with Crippen molar-refractivity contribution in [2.75, 3.05) is 4.90 Å². The molecule has 0 saturated carbocycles. The van der Waals surface area contributed by atoms with Crippen LogP contribution in [0.3, 0.4) is 0 Å². The van der Waals surface area contributed by atoms with E-state index in [1.807, 2.05) is 12.1 Å². The van der Waals surface area contributed by atoms with Gasteiger partial charge in [0.1, 0.15) is 11.2 Å². The van der Waals surface area contributed by atoms with Gasteiger partial charge in [0.2, 0.25) is 0 Å². The van der Waals surface area contributed by atoms with E-state index in [9.17, 15) is 0 Å². The Kier molecular flexibility index (Phi) is 6.81. The predicted octanol–water partition coefficient (Wildman–Crippen LogP) is 13.5. The molecule has 0 unspecified atom stereocenters. The van der Waals surface area contributed by atoms with Gasteiger partial charge >= 0.3 is 0 Å². The highest BCUT2D eigenvalue weighted by Crippen LogP contribution is 2.42. The summed E-state index contributed by atoms with van der Waals surface area (Å²) in [6, 6.07) is 69.3. The van der Waals surface area contributed by atoms with Crippen LogP contribution in [0.25, 0.3) is 71.7 Å². The van der Waals surface area contributed by atoms with Gasteiger partial charge in [-0.3, -0.25) is 0 Å². The van der Waals surface area contributed by atoms with E-state index in [1.54, 1.807) is 0 Å². The number of aromatic nitrogens is 1. The van der Waals surface area contributed by atoms with Crippen molar-refractivity contribution in [2.45, 2.75) is 0 Å². The lowest BCUT2D eigenvalue weighted by Crippen LogP contribution is -2.10. The van der Waals surface area contributed by atoms with E-state index < -0.39 is 0 Å². The molecule has 51 heavy (non-hydrogen) atoms. The Labute approximate surface area is 295 Å². The first-order valence-electron chi connectivity index (χ1n) is 17.3. The van der Waals surface area contributed by atoms with Crippen LogP contribution in [0.15, 0.2) is 199 Å². The summed E-state index contributed by atoms with van der Waals surface area (Å²) >= 11 is 0. The molecule has 0 aliphatic carbocycles. The molecule has 0 aliphatic rings. The fourth-order valence-corrected chi connectivity index (χ4v) is 7.59. The van der Waals surface area contributed by atoms with Crippen LogP contribution < -0.4 is 4.90 Å². The molecule has 8 aromatic carbocycles. The van der Waals surface area contributed by atoms with E-state index >= 15 is 0 Å². The number of nitrogens with zero attached hydrogens (tertiary/aromatic N) is 2. The molecule has 3 heteroatoms. The van der Waals surface area contributed by atoms with Crippen LogP contribution in [0.1, 0.15) is 0 Å². The van der Waals surface area contributed by atoms with Crippen LogP contribution in [0.2, 0.25) is 0 Å². The minimum Gasteiger partial charge on any atom is -0.456 e. The van der Waals surface area contributed by atoms with Crippen molar-refractivity contribution in [3.8, 4) is 27.9 Å². The van der Waals surface area contributed by atoms with Gasteiger partial charge < -0.3 is 13.9 Å². The largest absolute Gasteiger partial charge is 0.456 e. The maximum absolute atomic E-state index is 6.21. The Hall–Kier alpha value is -6.84. The van der Waals surface area contributed by atoms with Gasteiger partial charge in [-0.05, 0) is 113 Å². The molecule has 10 rings (SSSR count). The van der Waals surface area contributed by atoms with E-state index in [0.29, 0.717) is 0 Å². The Morgan fingerprint density at radius 3 is 1.57 bits per heavy atom. The average Bonchev–Trinajstić information content (AvgIpc) is 3.74. The fourth-order valence-electron chi connectivity index (χ4n) is 7.59. The van der Waals surface area contributed by atoms with Crippen LogP contribution in [-0.4, -0.2) is 4.57 Å². The standard InChI is InChI=1S/C48H32N2O/c1-4-14-37(15-5-1)49(38-16-6-2-7-17-38)40-29-35(28-36(30-40)34-25-27-48-44(32-34)42-21-11-13-23-47(42)51-48)33-24-26-46-43(31-33)41-20-10-12-22-45(41)50(46)39-18-8-3-9-19-39/h1-32H. The monoisotopic (exact) mass is 652 g/mol. The summed E-state index contributed by atoms with van der Waals surface area (Å²) in [4.78, 5) is 2.35. The molecule has 10 aromatic rings. The maximum atomic E-state index is 6.21. The lowest BCUT2D eigenvalue weighted by Gasteiger charge is -2.26. The van der Waals surface area contributed by atoms with Gasteiger partial charge in [-0.1, -0.05) is 103 Å². The molecule has 0 amide bonds. The number of para-hydroxylation sites is 5. The van der Waals surface area contributed by atoms with Crippen molar-refractivity contribution < 1.29 is 4.42 Å². The van der Waals surface area contributed by atoms with E-state index in [1.165, 1.54) is 21.8 Å². The molecule has 2 aromatic heterocycles. The number of anilines is 3. The van der Waals surface area contributed by atoms with Gasteiger partial charge in [0.05, 0.1) is 11.0 Å². The summed E-state index contributed by atoms with van der Waals surface area (Å²) in [6.07, 6.45) is 0. The third-order valence-electron chi connectivity index (χ3n) is 9.94. The Morgan fingerprint density at radius 2 is 0.863 bits per heavy atom. The van der Waals surface area contributed by atoms with Crippen molar-refractivity contribution in [2.24, 2.45) is 0 Å². The highest BCUT2D eigenvalue weighted by molar-refractivity contribution is 6.11. The number of furan rings is 1. The third-order valence-corrected chi connectivity index (χ3v) is 9.94. The molecule has 0 saturated heterocycles. The zero-order valence-corrected chi connectivity index (χ0v) is 27.8. The lowest BCUT2D eigenvalue weighted by molar-refractivity contribution is 0.669. The quantitative estimate of drug-likeness (QED) is 0.178. The Morgan fingerprint density at radius 1 is 0.333 bits per heavy atom. The fraction of sp³-hybridized carbons (Fsp3) is 0. The summed E-state index contributed by atoms with van der Waals surface area (Å²) in [7, 11) is 0. The van der Waals surface area contributed by atoms with Crippen LogP contribution >= 0.6 is 0 Å². The molecule has 0 radical (unpaired) electrons. The smallest absolute Gasteiger partial charge is 0.135 e. The molecule has 0 N–H and O–H groups in total. The van der Waals surface area contributed by atoms with Crippen LogP contribution in [0.5, 0.6) is 0 Å². The molecular weight excluding hydrogens is 621 g/mol. The zero-order valence-electron chi connectivity index (χ0n) is 27.8. The minimum absolute atomic E-state index is 0.895. The molecule has 240 valence electrons. The summed E-state index contributed by atoms with van der Waals surface area (Å²) < 4.78 is 8.58. The van der Waals surface area contributed by atoms with Gasteiger partial charge in [0.15, 0.2) is 0 Å². The first-order valence-corrected chi connectivity index (χ1v) is 17.3. The van der Waals surface area contributed by atoms with Gasteiger partial charge in [0, 0.05) is 44.3 Å². The van der Waals surface area contributed by atoms with Gasteiger partial charge in [-0.25, -0.2) is 0 Å². The summed E-state index contributed by atoms with van der Waals surface area (Å²) in [6.45, 7) is 0. The second-order valence-corrected chi connectivity index (χ2v) is 13.0. The first-order chi connectivity index (χ1) is 25.3. The average molecular weight is 653 g/mol. The Balaban J connectivity index is 1.22. The van der Waals surface area contributed by atoms with E-state index in [2.05, 4.69) is 191 Å². The number of rotatable bonds is 6. The van der Waals surface area contributed by atoms with E-state index in [0.717, 1.165) is 66.9 Å². The zero-order chi connectivity index (χ0) is 33.7. The molecule has 3 nitrogen and oxygen atoms in total. The molecule has 0 bridgehead atoms. The highest BCUT2D eigenvalue weighted by atomic mass is 16.3. The van der Waals surface area contributed by atoms with Crippen LogP contribution in [0, 0.1) is 0 Å². The number of hydrogen-bond acceptors (Lipinski definition) is 2. The topological polar surface area (TPSA) is 21.3 Å². The van der Waals surface area contributed by atoms with Gasteiger partial charge in [-0.2, -0.15) is 0 Å². The maximum Gasteiger partial charge on any atom is 0.135 e. The first kappa shape index (κ1) is 29.1. The molecule has 2 heterocycles. The van der Waals surface area contributed by atoms with Crippen molar-refractivity contribution in [3.05, 3.63) is 194 Å². The van der Waals surface area contributed by atoms with Gasteiger partial charge in [-0.15, -0.1) is 0 Å². The second-order valence-electron chi connectivity index (χ2n) is 13.0. The SMILES string of the molecule is c1ccc(N(c2ccccc2)c2cc(-c3ccc4oc5ccccc5c4c3)cc(-c3ccc4c(c3)c3ccccc3n4-c3ccccc3)c2)cc1. The normalized spacial score (nSPS) is 11.5. The van der Waals surface area contributed by atoms with Crippen molar-refractivity contribution >= 4 is 60.8 Å². The van der Waals surface area contributed by atoms with Gasteiger partial charge in [0.25, 0.3) is 0 Å². The van der Waals surface area contributed by atoms with Crippen LogP contribution in [-0.2, 0) is 0 Å². The number of fused-ring (bicyclic) bond motifs is 6. The summed E-state index contributed by atoms with van der Waals surface area (Å²) in [5.41, 5.74) is 13.2. The Bertz CT molecular complexity index is 2810. The van der Waals surface area contributed by atoms with Crippen molar-refractivity contribution in [1.29, 1.82) is 0 Å². The third kappa shape index (κ3) is 4.98. The van der Waals surface area contributed by atoms with Crippen molar-refractivity contribution in [3.63, 3.8) is 0 Å². The number of hydrogen-bond donors (Lipinski definition) is 0. The van der Waals surface area contributed by atoms with E-state index in [4.69, 9.17) is 4.42 Å². The predicted molar refractivity (Wildman–Crippen MR) is 214 cm³/mol. The summed E-state index contributed by atoms with van der Waals surface area (Å²) in [5, 5.41) is 4.71. The lowest BCUT2D eigenvalue weighted by atomic mass is 9.95. The molecular formula is C48H32N2O. The second kappa shape index (κ2) is 11.9. The van der Waals surface area contributed by atoms with Crippen LogP contribution in [0.4, 0.5) is 17.1 Å². The summed E-state index contributed by atoms with van der Waals surface area (Å²) in [5.74, 6) is 0. The molecule has 0 atom stereocenters. The highest BCUT2D eigenvalue weighted by Gasteiger charge is 2.18. The molecule has 0 fully saturated rings. The molecule has 0 aliphatic heterocycles. The minimum atomic E-state index is 0.895. The van der Waals surface area contributed by atoms with E-state index in [-0.39, 0.29) is 0 Å². The molecule has 0 spiro atoms. The number of benzene rings is 8. The van der Waals surface area contributed by atoms with Crippen molar-refractivity contribution in [1.82, 2.24) is 4.57 Å².